The summed E-state index contributed by atoms with van der Waals surface area (Å²) in [5, 5.41) is 7.65. The Labute approximate surface area is 123 Å². The molecule has 5 nitrogen and oxygen atoms in total. The molecule has 0 bridgehead atoms. The Hall–Kier alpha value is -2.56. The van der Waals surface area contributed by atoms with Crippen LogP contribution < -0.4 is 15.4 Å². The molecule has 5 heteroatoms. The van der Waals surface area contributed by atoms with Crippen LogP contribution in [0.5, 0.6) is 5.75 Å². The van der Waals surface area contributed by atoms with Crippen LogP contribution in [-0.2, 0) is 6.54 Å². The lowest BCUT2D eigenvalue weighted by Gasteiger charge is -2.24. The van der Waals surface area contributed by atoms with Crippen molar-refractivity contribution in [3.8, 4) is 5.75 Å². The molecule has 1 aliphatic rings. The average Bonchev–Trinajstić information content (AvgIpc) is 2.70. The molecule has 1 aliphatic heterocycles. The van der Waals surface area contributed by atoms with E-state index in [0.29, 0.717) is 12.2 Å². The Balaban J connectivity index is 1.93. The van der Waals surface area contributed by atoms with Crippen molar-refractivity contribution in [2.45, 2.75) is 13.0 Å². The fourth-order valence-electron chi connectivity index (χ4n) is 2.58. The lowest BCUT2D eigenvalue weighted by molar-refractivity contribution is 0.322. The molecule has 0 aliphatic carbocycles. The van der Waals surface area contributed by atoms with Crippen molar-refractivity contribution in [3.05, 3.63) is 53.9 Å². The van der Waals surface area contributed by atoms with E-state index in [1.54, 1.807) is 6.20 Å². The summed E-state index contributed by atoms with van der Waals surface area (Å²) in [6, 6.07) is 11.9. The molecule has 2 heterocycles. The first kappa shape index (κ1) is 13.4. The van der Waals surface area contributed by atoms with Gasteiger partial charge in [0.05, 0.1) is 12.3 Å². The van der Waals surface area contributed by atoms with E-state index in [9.17, 15) is 0 Å². The average molecular weight is 282 g/mol. The van der Waals surface area contributed by atoms with Crippen LogP contribution in [0.1, 0.15) is 17.7 Å². The minimum absolute atomic E-state index is 0.00459. The number of rotatable bonds is 3. The Bertz CT molecular complexity index is 656. The number of hydrogen-bond donors (Lipinski definition) is 2. The number of anilines is 1. The van der Waals surface area contributed by atoms with Crippen LogP contribution in [0.4, 0.5) is 5.69 Å². The molecule has 108 valence electrons. The number of ether oxygens (including phenoxy) is 1. The predicted octanol–water partition coefficient (Wildman–Crippen LogP) is 2.15. The highest BCUT2D eigenvalue weighted by Gasteiger charge is 2.18. The summed E-state index contributed by atoms with van der Waals surface area (Å²) in [4.78, 5) is 6.47. The zero-order chi connectivity index (χ0) is 14.7. The van der Waals surface area contributed by atoms with E-state index < -0.39 is 0 Å². The van der Waals surface area contributed by atoms with E-state index in [1.807, 2.05) is 30.3 Å². The molecule has 1 aromatic heterocycles. The van der Waals surface area contributed by atoms with Crippen molar-refractivity contribution in [3.63, 3.8) is 0 Å². The van der Waals surface area contributed by atoms with Crippen LogP contribution in [-0.4, -0.2) is 24.0 Å². The quantitative estimate of drug-likeness (QED) is 0.668. The summed E-state index contributed by atoms with van der Waals surface area (Å²) in [6.45, 7) is 2.30. The SMILES string of the molecule is N=C(N)c1ncccc1CN1CCCOc2ccccc21. The molecule has 1 aromatic carbocycles. The number of fused-ring (bicyclic) bond motifs is 1. The van der Waals surface area contributed by atoms with Gasteiger partial charge in [-0.15, -0.1) is 0 Å². The number of nitrogen functional groups attached to an aromatic ring is 1. The second kappa shape index (κ2) is 5.83. The van der Waals surface area contributed by atoms with E-state index in [2.05, 4.69) is 16.0 Å². The molecule has 0 atom stereocenters. The molecule has 21 heavy (non-hydrogen) atoms. The van der Waals surface area contributed by atoms with E-state index in [4.69, 9.17) is 15.9 Å². The summed E-state index contributed by atoms with van der Waals surface area (Å²) >= 11 is 0. The first-order valence-corrected chi connectivity index (χ1v) is 7.01. The molecule has 0 unspecified atom stereocenters. The zero-order valence-corrected chi connectivity index (χ0v) is 11.7. The van der Waals surface area contributed by atoms with E-state index in [0.717, 1.165) is 36.6 Å². The number of pyridine rings is 1. The number of para-hydroxylation sites is 2. The van der Waals surface area contributed by atoms with Gasteiger partial charge in [-0.05, 0) is 24.6 Å². The van der Waals surface area contributed by atoms with E-state index in [-0.39, 0.29) is 5.84 Å². The van der Waals surface area contributed by atoms with Gasteiger partial charge in [0.2, 0.25) is 0 Å². The normalized spacial score (nSPS) is 14.0. The number of amidine groups is 1. The minimum atomic E-state index is 0.00459. The van der Waals surface area contributed by atoms with Crippen molar-refractivity contribution < 1.29 is 4.74 Å². The Morgan fingerprint density at radius 2 is 2.14 bits per heavy atom. The Morgan fingerprint density at radius 1 is 1.29 bits per heavy atom. The van der Waals surface area contributed by atoms with E-state index in [1.165, 1.54) is 0 Å². The highest BCUT2D eigenvalue weighted by molar-refractivity contribution is 5.94. The molecule has 0 saturated heterocycles. The van der Waals surface area contributed by atoms with Gasteiger partial charge in [0.15, 0.2) is 0 Å². The Morgan fingerprint density at radius 3 is 3.00 bits per heavy atom. The van der Waals surface area contributed by atoms with Crippen LogP contribution in [0, 0.1) is 5.41 Å². The second-order valence-corrected chi connectivity index (χ2v) is 5.02. The molecule has 0 amide bonds. The maximum absolute atomic E-state index is 7.65. The van der Waals surface area contributed by atoms with Gasteiger partial charge in [0.25, 0.3) is 0 Å². The summed E-state index contributed by atoms with van der Waals surface area (Å²) < 4.78 is 5.77. The molecule has 0 saturated carbocycles. The van der Waals surface area contributed by atoms with Crippen molar-refractivity contribution in [1.82, 2.24) is 4.98 Å². The lowest BCUT2D eigenvalue weighted by Crippen LogP contribution is -2.26. The minimum Gasteiger partial charge on any atom is -0.491 e. The van der Waals surface area contributed by atoms with Crippen LogP contribution in [0.25, 0.3) is 0 Å². The van der Waals surface area contributed by atoms with Gasteiger partial charge in [-0.1, -0.05) is 18.2 Å². The molecular weight excluding hydrogens is 264 g/mol. The largest absolute Gasteiger partial charge is 0.491 e. The standard InChI is InChI=1S/C16H18N4O/c17-16(18)15-12(5-3-8-19-15)11-20-9-4-10-21-14-7-2-1-6-13(14)20/h1-3,5-8H,4,9-11H2,(H3,17,18). The van der Waals surface area contributed by atoms with Gasteiger partial charge < -0.3 is 15.4 Å². The number of hydrogen-bond acceptors (Lipinski definition) is 4. The maximum atomic E-state index is 7.65. The molecule has 0 radical (unpaired) electrons. The van der Waals surface area contributed by atoms with Gasteiger partial charge in [0.1, 0.15) is 17.3 Å². The Kier molecular flexibility index (Phi) is 3.73. The fourth-order valence-corrected chi connectivity index (χ4v) is 2.58. The third-order valence-electron chi connectivity index (χ3n) is 3.54. The van der Waals surface area contributed by atoms with Crippen LogP contribution >= 0.6 is 0 Å². The van der Waals surface area contributed by atoms with E-state index >= 15 is 0 Å². The number of benzene rings is 1. The highest BCUT2D eigenvalue weighted by atomic mass is 16.5. The zero-order valence-electron chi connectivity index (χ0n) is 11.7. The molecule has 0 fully saturated rings. The summed E-state index contributed by atoms with van der Waals surface area (Å²) in [5.41, 5.74) is 8.22. The topological polar surface area (TPSA) is 75.2 Å². The fraction of sp³-hybridized carbons (Fsp3) is 0.250. The predicted molar refractivity (Wildman–Crippen MR) is 82.9 cm³/mol. The second-order valence-electron chi connectivity index (χ2n) is 5.02. The van der Waals surface area contributed by atoms with Gasteiger partial charge in [-0.2, -0.15) is 0 Å². The first-order valence-electron chi connectivity index (χ1n) is 7.01. The highest BCUT2D eigenvalue weighted by Crippen LogP contribution is 2.31. The maximum Gasteiger partial charge on any atom is 0.142 e. The summed E-state index contributed by atoms with van der Waals surface area (Å²) in [5.74, 6) is 0.910. The summed E-state index contributed by atoms with van der Waals surface area (Å²) in [7, 11) is 0. The van der Waals surface area contributed by atoms with Crippen molar-refractivity contribution in [1.29, 1.82) is 5.41 Å². The number of nitrogens with zero attached hydrogens (tertiary/aromatic N) is 2. The van der Waals surface area contributed by atoms with Crippen molar-refractivity contribution >= 4 is 11.5 Å². The number of nitrogens with two attached hydrogens (primary N) is 1. The molecule has 3 rings (SSSR count). The number of nitrogens with one attached hydrogen (secondary N) is 1. The van der Waals surface area contributed by atoms with Gasteiger partial charge in [0, 0.05) is 24.8 Å². The molecule has 0 spiro atoms. The summed E-state index contributed by atoms with van der Waals surface area (Å²) in [6.07, 6.45) is 2.63. The van der Waals surface area contributed by atoms with Gasteiger partial charge in [-0.3, -0.25) is 10.4 Å². The van der Waals surface area contributed by atoms with Gasteiger partial charge in [-0.25, -0.2) is 0 Å². The first-order chi connectivity index (χ1) is 10.3. The smallest absolute Gasteiger partial charge is 0.142 e. The van der Waals surface area contributed by atoms with Gasteiger partial charge >= 0.3 is 0 Å². The number of aromatic nitrogens is 1. The lowest BCUT2D eigenvalue weighted by atomic mass is 10.1. The third-order valence-corrected chi connectivity index (χ3v) is 3.54. The van der Waals surface area contributed by atoms with Crippen LogP contribution in [0.3, 0.4) is 0 Å². The van der Waals surface area contributed by atoms with Crippen LogP contribution in [0.15, 0.2) is 42.6 Å². The third kappa shape index (κ3) is 2.81. The molecular formula is C16H18N4O. The van der Waals surface area contributed by atoms with Crippen LogP contribution in [0.2, 0.25) is 0 Å². The molecule has 2 aromatic rings. The van der Waals surface area contributed by atoms with Crippen molar-refractivity contribution in [2.24, 2.45) is 5.73 Å². The monoisotopic (exact) mass is 282 g/mol. The van der Waals surface area contributed by atoms with Crippen molar-refractivity contribution in [2.75, 3.05) is 18.1 Å². The molecule has 3 N–H and O–H groups in total.